The van der Waals surface area contributed by atoms with Crippen molar-refractivity contribution < 1.29 is 4.42 Å². The number of hydrogen-bond donors (Lipinski definition) is 0. The summed E-state index contributed by atoms with van der Waals surface area (Å²) in [5.41, 5.74) is 4.31. The van der Waals surface area contributed by atoms with Crippen molar-refractivity contribution in [3.8, 4) is 34.2 Å². The summed E-state index contributed by atoms with van der Waals surface area (Å²) < 4.78 is 6.18. The van der Waals surface area contributed by atoms with Gasteiger partial charge >= 0.3 is 0 Å². The average Bonchev–Trinajstić information content (AvgIpc) is 3.47. The van der Waals surface area contributed by atoms with Gasteiger partial charge in [-0.1, -0.05) is 103 Å². The smallest absolute Gasteiger partial charge is 0.164 e. The topological polar surface area (TPSA) is 64.7 Å². The molecule has 0 aliphatic heterocycles. The van der Waals surface area contributed by atoms with E-state index in [0.29, 0.717) is 17.5 Å². The van der Waals surface area contributed by atoms with Gasteiger partial charge in [0.1, 0.15) is 11.2 Å². The molecule has 0 saturated carbocycles. The van der Waals surface area contributed by atoms with Crippen molar-refractivity contribution in [1.82, 2.24) is 19.9 Å². The van der Waals surface area contributed by atoms with E-state index in [1.807, 2.05) is 60.8 Å². The van der Waals surface area contributed by atoms with Gasteiger partial charge in [-0.05, 0) is 50.5 Å². The Morgan fingerprint density at radius 3 is 2.05 bits per heavy atom. The zero-order valence-electron chi connectivity index (χ0n) is 22.9. The first-order chi connectivity index (χ1) is 21.3. The molecular weight excluding hydrogens is 528 g/mol. The van der Waals surface area contributed by atoms with Crippen molar-refractivity contribution in [3.63, 3.8) is 0 Å². The minimum Gasteiger partial charge on any atom is -0.456 e. The fourth-order valence-corrected chi connectivity index (χ4v) is 6.24. The van der Waals surface area contributed by atoms with Crippen LogP contribution < -0.4 is 0 Å². The van der Waals surface area contributed by atoms with Crippen molar-refractivity contribution in [2.75, 3.05) is 0 Å². The number of nitrogens with zero attached hydrogens (tertiary/aromatic N) is 4. The van der Waals surface area contributed by atoms with E-state index in [9.17, 15) is 0 Å². The number of rotatable bonds is 3. The molecule has 0 amide bonds. The summed E-state index contributed by atoms with van der Waals surface area (Å²) in [6.45, 7) is 0. The fraction of sp³-hybridized carbons (Fsp3) is 0. The summed E-state index contributed by atoms with van der Waals surface area (Å²) in [7, 11) is 0. The van der Waals surface area contributed by atoms with Crippen LogP contribution in [0.2, 0.25) is 0 Å². The Balaban J connectivity index is 1.39. The lowest BCUT2D eigenvalue weighted by Gasteiger charge is -2.14. The van der Waals surface area contributed by atoms with Gasteiger partial charge in [0, 0.05) is 39.9 Å². The molecule has 0 saturated heterocycles. The highest BCUT2D eigenvalue weighted by atomic mass is 16.3. The maximum absolute atomic E-state index is 6.18. The van der Waals surface area contributed by atoms with E-state index in [-0.39, 0.29) is 0 Å². The quantitative estimate of drug-likeness (QED) is 0.205. The molecule has 0 fully saturated rings. The van der Waals surface area contributed by atoms with Crippen LogP contribution in [-0.4, -0.2) is 19.9 Å². The van der Waals surface area contributed by atoms with Crippen LogP contribution in [0.4, 0.5) is 0 Å². The van der Waals surface area contributed by atoms with Gasteiger partial charge in [-0.25, -0.2) is 15.0 Å². The maximum atomic E-state index is 6.18. The second-order valence-corrected chi connectivity index (χ2v) is 10.7. The van der Waals surface area contributed by atoms with E-state index >= 15 is 0 Å². The Morgan fingerprint density at radius 1 is 0.442 bits per heavy atom. The molecule has 200 valence electrons. The van der Waals surface area contributed by atoms with E-state index in [4.69, 9.17) is 19.4 Å². The van der Waals surface area contributed by atoms with Crippen LogP contribution in [0.1, 0.15) is 0 Å². The molecule has 0 N–H and O–H groups in total. The third-order valence-corrected chi connectivity index (χ3v) is 8.21. The van der Waals surface area contributed by atoms with Crippen LogP contribution in [0.3, 0.4) is 0 Å². The molecule has 3 aromatic heterocycles. The normalized spacial score (nSPS) is 11.7. The lowest BCUT2D eigenvalue weighted by molar-refractivity contribution is 0.668. The van der Waals surface area contributed by atoms with Crippen molar-refractivity contribution >= 4 is 54.3 Å². The van der Waals surface area contributed by atoms with Gasteiger partial charge in [0.2, 0.25) is 0 Å². The van der Waals surface area contributed by atoms with Crippen LogP contribution in [0.15, 0.2) is 138 Å². The molecule has 9 aromatic rings. The van der Waals surface area contributed by atoms with Crippen LogP contribution in [0.25, 0.3) is 88.4 Å². The van der Waals surface area contributed by atoms with E-state index in [1.165, 1.54) is 21.5 Å². The van der Waals surface area contributed by atoms with Gasteiger partial charge in [0.05, 0.1) is 0 Å². The molecule has 0 atom stereocenters. The highest BCUT2D eigenvalue weighted by molar-refractivity contribution is 6.20. The minimum atomic E-state index is 0.586. The number of benzene rings is 6. The second kappa shape index (κ2) is 9.29. The van der Waals surface area contributed by atoms with Crippen molar-refractivity contribution in [3.05, 3.63) is 134 Å². The molecule has 0 aliphatic rings. The van der Waals surface area contributed by atoms with Crippen molar-refractivity contribution in [2.45, 2.75) is 0 Å². The van der Waals surface area contributed by atoms with Gasteiger partial charge in [-0.3, -0.25) is 4.98 Å². The maximum Gasteiger partial charge on any atom is 0.164 e. The molecule has 3 heterocycles. The molecule has 5 nitrogen and oxygen atoms in total. The van der Waals surface area contributed by atoms with Crippen molar-refractivity contribution in [1.29, 1.82) is 0 Å². The Hall–Kier alpha value is -5.94. The summed E-state index contributed by atoms with van der Waals surface area (Å²) in [4.78, 5) is 19.7. The molecule has 0 bridgehead atoms. The number of pyridine rings is 1. The Labute approximate surface area is 246 Å². The lowest BCUT2D eigenvalue weighted by Crippen LogP contribution is -2.01. The first-order valence-electron chi connectivity index (χ1n) is 14.2. The highest BCUT2D eigenvalue weighted by Crippen LogP contribution is 2.39. The molecule has 0 unspecified atom stereocenters. The third-order valence-electron chi connectivity index (χ3n) is 8.21. The predicted molar refractivity (Wildman–Crippen MR) is 174 cm³/mol. The molecule has 5 heteroatoms. The molecule has 0 aliphatic carbocycles. The summed E-state index contributed by atoms with van der Waals surface area (Å²) in [5.74, 6) is 1.83. The number of fused-ring (bicyclic) bond motifs is 8. The van der Waals surface area contributed by atoms with Gasteiger partial charge in [0.25, 0.3) is 0 Å². The standard InChI is InChI=1S/C38H22N4O/c1-2-10-24(11-3-1)36-40-37(29-15-8-16-34-35(29)32-22-39-20-19-33(32)43-34)42-38(41-36)31-21-30-25-12-5-4-9-23(25)17-18-28(30)26-13-6-7-14-27(26)31/h1-22H. The first kappa shape index (κ1) is 23.7. The molecular formula is C38H22N4O. The molecule has 43 heavy (non-hydrogen) atoms. The largest absolute Gasteiger partial charge is 0.456 e. The predicted octanol–water partition coefficient (Wildman–Crippen LogP) is 9.63. The average molecular weight is 551 g/mol. The molecule has 0 radical (unpaired) electrons. The van der Waals surface area contributed by atoms with E-state index in [2.05, 4.69) is 71.7 Å². The molecule has 0 spiro atoms. The number of hydrogen-bond acceptors (Lipinski definition) is 5. The molecule has 9 rings (SSSR count). The summed E-state index contributed by atoms with van der Waals surface area (Å²) in [5, 5.41) is 8.91. The van der Waals surface area contributed by atoms with Gasteiger partial charge < -0.3 is 4.42 Å². The van der Waals surface area contributed by atoms with Crippen LogP contribution in [0.5, 0.6) is 0 Å². The Kier molecular flexibility index (Phi) is 5.13. The van der Waals surface area contributed by atoms with E-state index in [0.717, 1.165) is 49.4 Å². The summed E-state index contributed by atoms with van der Waals surface area (Å²) >= 11 is 0. The van der Waals surface area contributed by atoms with Gasteiger partial charge in [0.15, 0.2) is 17.5 Å². The second-order valence-electron chi connectivity index (χ2n) is 10.7. The minimum absolute atomic E-state index is 0.586. The Morgan fingerprint density at radius 2 is 1.16 bits per heavy atom. The van der Waals surface area contributed by atoms with Gasteiger partial charge in [-0.2, -0.15) is 0 Å². The summed E-state index contributed by atoms with van der Waals surface area (Å²) in [6, 6.07) is 41.6. The van der Waals surface area contributed by atoms with Gasteiger partial charge in [-0.15, -0.1) is 0 Å². The number of aromatic nitrogens is 4. The summed E-state index contributed by atoms with van der Waals surface area (Å²) in [6.07, 6.45) is 3.58. The highest BCUT2D eigenvalue weighted by Gasteiger charge is 2.19. The van der Waals surface area contributed by atoms with Crippen molar-refractivity contribution in [2.24, 2.45) is 0 Å². The van der Waals surface area contributed by atoms with Crippen LogP contribution >= 0.6 is 0 Å². The third kappa shape index (κ3) is 3.72. The lowest BCUT2D eigenvalue weighted by atomic mass is 9.93. The van der Waals surface area contributed by atoms with E-state index < -0.39 is 0 Å². The Bertz CT molecular complexity index is 2520. The fourth-order valence-electron chi connectivity index (χ4n) is 6.24. The number of furan rings is 1. The SMILES string of the molecule is c1ccc(-c2nc(-c3cc4c5ccccc5ccc4c4ccccc34)nc(-c3cccc4oc5ccncc5c34)n2)cc1. The molecule has 6 aromatic carbocycles. The van der Waals surface area contributed by atoms with E-state index in [1.54, 1.807) is 6.20 Å². The van der Waals surface area contributed by atoms with Crippen LogP contribution in [0, 0.1) is 0 Å². The van der Waals surface area contributed by atoms with Crippen LogP contribution in [-0.2, 0) is 0 Å². The zero-order chi connectivity index (χ0) is 28.3. The zero-order valence-corrected chi connectivity index (χ0v) is 22.9. The monoisotopic (exact) mass is 550 g/mol. The first-order valence-corrected chi connectivity index (χ1v) is 14.2.